The predicted octanol–water partition coefficient (Wildman–Crippen LogP) is 6.65. The number of likely N-dealkylation sites (tertiary alicyclic amines) is 1. The van der Waals surface area contributed by atoms with Gasteiger partial charge in [-0.1, -0.05) is 0 Å². The molecular weight excluding hydrogens is 599 g/mol. The molecule has 2 aromatic rings. The Labute approximate surface area is 279 Å². The van der Waals surface area contributed by atoms with Gasteiger partial charge >= 0.3 is 6.09 Å². The van der Waals surface area contributed by atoms with E-state index in [-0.39, 0.29) is 46.9 Å². The number of nitrogens with zero attached hydrogens (tertiary/aromatic N) is 5. The van der Waals surface area contributed by atoms with Crippen LogP contribution in [0.2, 0.25) is 0 Å². The van der Waals surface area contributed by atoms with E-state index in [1.54, 1.807) is 11.1 Å². The quantitative estimate of drug-likeness (QED) is 0.322. The lowest BCUT2D eigenvalue weighted by atomic mass is 9.71. The van der Waals surface area contributed by atoms with Crippen molar-refractivity contribution in [2.24, 2.45) is 11.3 Å². The lowest BCUT2D eigenvalue weighted by molar-refractivity contribution is 0.0465. The molecule has 0 radical (unpaired) electrons. The third kappa shape index (κ3) is 8.72. The van der Waals surface area contributed by atoms with Crippen LogP contribution in [0.1, 0.15) is 97.3 Å². The highest BCUT2D eigenvalue weighted by atomic mass is 19.1. The van der Waals surface area contributed by atoms with Gasteiger partial charge in [-0.15, -0.1) is 0 Å². The fourth-order valence-electron chi connectivity index (χ4n) is 7.47. The van der Waals surface area contributed by atoms with Crippen LogP contribution in [0.5, 0.6) is 11.5 Å². The molecule has 2 saturated heterocycles. The number of piperidine rings is 1. The summed E-state index contributed by atoms with van der Waals surface area (Å²) in [6.07, 6.45) is 9.35. The molecule has 1 aromatic carbocycles. The molecule has 1 aliphatic carbocycles. The number of hydrogen-bond donors (Lipinski definition) is 1. The van der Waals surface area contributed by atoms with E-state index >= 15 is 0 Å². The number of carbonyl (C=O) groups is 2. The second-order valence-corrected chi connectivity index (χ2v) is 15.4. The Morgan fingerprint density at radius 2 is 1.70 bits per heavy atom. The molecule has 1 spiro atoms. The zero-order valence-electron chi connectivity index (χ0n) is 29.2. The lowest BCUT2D eigenvalue weighted by Crippen LogP contribution is -2.61. The number of halogens is 1. The SMILES string of the molecule is CC(C)N(C(=O)c1cc(F)ccc1Oc1cncnc1N1CC2(CCN(C[C@H]3CC[C@H](NC(=O)OC(C)(C)C)CC3)CC2)C1)C(C)C. The van der Waals surface area contributed by atoms with Crippen molar-refractivity contribution < 1.29 is 23.5 Å². The molecule has 3 fully saturated rings. The van der Waals surface area contributed by atoms with Gasteiger partial charge in [0.1, 0.15) is 23.5 Å². The summed E-state index contributed by atoms with van der Waals surface area (Å²) in [4.78, 5) is 41.0. The summed E-state index contributed by atoms with van der Waals surface area (Å²) in [5.74, 6) is 1.34. The molecule has 3 heterocycles. The Morgan fingerprint density at radius 1 is 1.04 bits per heavy atom. The van der Waals surface area contributed by atoms with Gasteiger partial charge in [-0.05, 0) is 124 Å². The van der Waals surface area contributed by atoms with E-state index in [1.165, 1.54) is 24.5 Å². The molecule has 1 saturated carbocycles. The first kappa shape index (κ1) is 34.9. The van der Waals surface area contributed by atoms with Gasteiger partial charge < -0.3 is 29.5 Å². The molecule has 2 amide bonds. The smallest absolute Gasteiger partial charge is 0.407 e. The van der Waals surface area contributed by atoms with Crippen molar-refractivity contribution in [1.82, 2.24) is 25.1 Å². The van der Waals surface area contributed by atoms with E-state index in [0.29, 0.717) is 17.5 Å². The molecule has 5 rings (SSSR count). The van der Waals surface area contributed by atoms with Crippen LogP contribution >= 0.6 is 0 Å². The van der Waals surface area contributed by atoms with E-state index < -0.39 is 11.4 Å². The number of rotatable bonds is 9. The summed E-state index contributed by atoms with van der Waals surface area (Å²) < 4.78 is 26.1. The van der Waals surface area contributed by atoms with E-state index in [9.17, 15) is 14.0 Å². The number of carbonyl (C=O) groups excluding carboxylic acids is 2. The highest BCUT2D eigenvalue weighted by molar-refractivity contribution is 5.97. The summed E-state index contributed by atoms with van der Waals surface area (Å²) in [6.45, 7) is 18.5. The molecule has 0 bridgehead atoms. The highest BCUT2D eigenvalue weighted by Crippen LogP contribution is 2.45. The number of ether oxygens (including phenoxy) is 2. The molecule has 1 aromatic heterocycles. The Bertz CT molecular complexity index is 1380. The largest absolute Gasteiger partial charge is 0.451 e. The van der Waals surface area contributed by atoms with Crippen molar-refractivity contribution in [2.45, 2.75) is 111 Å². The lowest BCUT2D eigenvalue weighted by Gasteiger charge is -2.54. The van der Waals surface area contributed by atoms with Crippen LogP contribution < -0.4 is 15.0 Å². The van der Waals surface area contributed by atoms with Gasteiger partial charge in [0.2, 0.25) is 0 Å². The molecule has 0 unspecified atom stereocenters. The van der Waals surface area contributed by atoms with E-state index in [1.807, 2.05) is 48.5 Å². The van der Waals surface area contributed by atoms with Crippen LogP contribution in [0.3, 0.4) is 0 Å². The summed E-state index contributed by atoms with van der Waals surface area (Å²) >= 11 is 0. The first-order valence-electron chi connectivity index (χ1n) is 17.3. The van der Waals surface area contributed by atoms with Gasteiger partial charge in [0, 0.05) is 43.2 Å². The van der Waals surface area contributed by atoms with E-state index in [2.05, 4.69) is 25.1 Å². The zero-order valence-corrected chi connectivity index (χ0v) is 29.2. The first-order valence-corrected chi connectivity index (χ1v) is 17.3. The topological polar surface area (TPSA) is 100 Å². The zero-order chi connectivity index (χ0) is 33.9. The maximum absolute atomic E-state index is 14.4. The second kappa shape index (κ2) is 14.3. The van der Waals surface area contributed by atoms with Crippen molar-refractivity contribution >= 4 is 17.8 Å². The van der Waals surface area contributed by atoms with Crippen LogP contribution in [0.25, 0.3) is 0 Å². The molecule has 47 heavy (non-hydrogen) atoms. The summed E-state index contributed by atoms with van der Waals surface area (Å²) in [5, 5.41) is 3.05. The van der Waals surface area contributed by atoms with Crippen molar-refractivity contribution in [3.05, 3.63) is 42.1 Å². The minimum absolute atomic E-state index is 0.0546. The third-order valence-electron chi connectivity index (χ3n) is 9.75. The maximum Gasteiger partial charge on any atom is 0.407 e. The average Bonchev–Trinajstić information content (AvgIpc) is 2.97. The Morgan fingerprint density at radius 3 is 2.32 bits per heavy atom. The average molecular weight is 653 g/mol. The van der Waals surface area contributed by atoms with Gasteiger partial charge in [0.05, 0.1) is 11.8 Å². The Kier molecular flexibility index (Phi) is 10.6. The van der Waals surface area contributed by atoms with Gasteiger partial charge in [-0.3, -0.25) is 4.79 Å². The highest BCUT2D eigenvalue weighted by Gasteiger charge is 2.46. The van der Waals surface area contributed by atoms with Gasteiger partial charge in [-0.25, -0.2) is 19.2 Å². The van der Waals surface area contributed by atoms with Crippen LogP contribution in [0.15, 0.2) is 30.7 Å². The minimum atomic E-state index is -0.489. The number of benzene rings is 1. The maximum atomic E-state index is 14.4. The Balaban J connectivity index is 1.13. The van der Waals surface area contributed by atoms with E-state index in [4.69, 9.17) is 9.47 Å². The minimum Gasteiger partial charge on any atom is -0.451 e. The monoisotopic (exact) mass is 652 g/mol. The molecule has 2 aliphatic heterocycles. The molecule has 0 atom stereocenters. The molecule has 11 heteroatoms. The van der Waals surface area contributed by atoms with Gasteiger partial charge in [0.15, 0.2) is 11.6 Å². The summed E-state index contributed by atoms with van der Waals surface area (Å²) in [5.41, 5.74) is -0.0456. The van der Waals surface area contributed by atoms with Gasteiger partial charge in [-0.2, -0.15) is 0 Å². The van der Waals surface area contributed by atoms with Crippen LogP contribution in [-0.2, 0) is 4.74 Å². The summed E-state index contributed by atoms with van der Waals surface area (Å²) in [7, 11) is 0. The second-order valence-electron chi connectivity index (χ2n) is 15.4. The standard InChI is InChI=1S/C36H53FN6O4/c1-24(2)43(25(3)4)33(44)29-18-27(37)10-13-30(29)46-31-19-38-23-39-32(31)42-21-36(22-42)14-16-41(17-15-36)20-26-8-11-28(12-9-26)40-34(45)47-35(5,6)7/h10,13,18-19,23-26,28H,8-9,11-12,14-17,20-22H2,1-7H3,(H,40,45)/t26-,28-. The van der Waals surface area contributed by atoms with E-state index in [0.717, 1.165) is 71.2 Å². The number of nitrogens with one attached hydrogen (secondary N) is 1. The fraction of sp³-hybridized carbons (Fsp3) is 0.667. The number of anilines is 1. The van der Waals surface area contributed by atoms with Crippen molar-refractivity contribution in [3.8, 4) is 11.5 Å². The van der Waals surface area contributed by atoms with Gasteiger partial charge in [0.25, 0.3) is 5.91 Å². The third-order valence-corrected chi connectivity index (χ3v) is 9.75. The number of alkyl carbamates (subject to hydrolysis) is 1. The number of amides is 2. The van der Waals surface area contributed by atoms with Crippen LogP contribution in [0.4, 0.5) is 15.0 Å². The fourth-order valence-corrected chi connectivity index (χ4v) is 7.47. The van der Waals surface area contributed by atoms with Crippen molar-refractivity contribution in [2.75, 3.05) is 37.6 Å². The molecule has 10 nitrogen and oxygen atoms in total. The van der Waals surface area contributed by atoms with Crippen molar-refractivity contribution in [3.63, 3.8) is 0 Å². The molecular formula is C36H53FN6O4. The predicted molar refractivity (Wildman–Crippen MR) is 180 cm³/mol. The normalized spacial score (nSPS) is 21.4. The Hall–Kier alpha value is -3.47. The van der Waals surface area contributed by atoms with Crippen LogP contribution in [0, 0.1) is 17.2 Å². The number of aromatic nitrogens is 2. The summed E-state index contributed by atoms with van der Waals surface area (Å²) in [6, 6.07) is 4.16. The molecule has 3 aliphatic rings. The first-order chi connectivity index (χ1) is 22.2. The van der Waals surface area contributed by atoms with Crippen LogP contribution in [-0.4, -0.2) is 88.2 Å². The van der Waals surface area contributed by atoms with Crippen molar-refractivity contribution in [1.29, 1.82) is 0 Å². The molecule has 258 valence electrons. The molecule has 1 N–H and O–H groups in total. The number of hydrogen-bond acceptors (Lipinski definition) is 8.